The monoisotopic (exact) mass is 310 g/mol. The van der Waals surface area contributed by atoms with Crippen molar-refractivity contribution in [3.63, 3.8) is 0 Å². The van der Waals surface area contributed by atoms with E-state index in [-0.39, 0.29) is 30.9 Å². The predicted molar refractivity (Wildman–Crippen MR) is 81.2 cm³/mol. The maximum atomic E-state index is 13.7. The van der Waals surface area contributed by atoms with E-state index in [0.29, 0.717) is 25.3 Å². The zero-order valence-corrected chi connectivity index (χ0v) is 12.8. The van der Waals surface area contributed by atoms with Gasteiger partial charge < -0.3 is 20.1 Å². The van der Waals surface area contributed by atoms with Gasteiger partial charge in [-0.15, -0.1) is 0 Å². The number of amides is 2. The fourth-order valence-corrected chi connectivity index (χ4v) is 2.61. The summed E-state index contributed by atoms with van der Waals surface area (Å²) in [7, 11) is 0. The van der Waals surface area contributed by atoms with Gasteiger partial charge in [0.05, 0.1) is 6.61 Å². The molecule has 1 atom stereocenters. The summed E-state index contributed by atoms with van der Waals surface area (Å²) < 4.78 is 18.9. The Bertz CT molecular complexity index is 510. The second kappa shape index (κ2) is 7.98. The number of ether oxygens (including phenoxy) is 1. The number of piperidine rings is 1. The molecule has 6 heteroatoms. The summed E-state index contributed by atoms with van der Waals surface area (Å²) in [4.78, 5) is 13.8. The lowest BCUT2D eigenvalue weighted by Crippen LogP contribution is -2.45. The summed E-state index contributed by atoms with van der Waals surface area (Å²) in [6, 6.07) is 4.51. The van der Waals surface area contributed by atoms with Gasteiger partial charge in [0.2, 0.25) is 0 Å². The van der Waals surface area contributed by atoms with Gasteiger partial charge in [-0.25, -0.2) is 9.18 Å². The minimum Gasteiger partial charge on any atom is -0.491 e. The minimum atomic E-state index is -0.424. The van der Waals surface area contributed by atoms with Crippen LogP contribution < -0.4 is 10.1 Å². The molecule has 1 heterocycles. The Morgan fingerprint density at radius 1 is 1.55 bits per heavy atom. The van der Waals surface area contributed by atoms with E-state index in [1.165, 1.54) is 6.07 Å². The Labute approximate surface area is 130 Å². The molecule has 0 aromatic heterocycles. The van der Waals surface area contributed by atoms with Crippen molar-refractivity contribution < 1.29 is 19.0 Å². The number of aliphatic hydroxyl groups excluding tert-OH is 1. The Kier molecular flexibility index (Phi) is 6.00. The molecule has 0 unspecified atom stereocenters. The van der Waals surface area contributed by atoms with Crippen molar-refractivity contribution in [3.8, 4) is 5.75 Å². The highest BCUT2D eigenvalue weighted by atomic mass is 19.1. The average Bonchev–Trinajstić information content (AvgIpc) is 2.55. The van der Waals surface area contributed by atoms with E-state index in [9.17, 15) is 14.3 Å². The number of rotatable bonds is 5. The van der Waals surface area contributed by atoms with Crippen molar-refractivity contribution in [1.82, 2.24) is 10.2 Å². The number of aliphatic hydroxyl groups is 1. The number of likely N-dealkylation sites (tertiary alicyclic amines) is 1. The molecule has 1 aliphatic rings. The lowest BCUT2D eigenvalue weighted by Gasteiger charge is -2.31. The quantitative estimate of drug-likeness (QED) is 0.876. The Hall–Kier alpha value is -1.82. The summed E-state index contributed by atoms with van der Waals surface area (Å²) in [5.74, 6) is -0.0475. The van der Waals surface area contributed by atoms with Gasteiger partial charge >= 0.3 is 6.03 Å². The van der Waals surface area contributed by atoms with Crippen LogP contribution in [0.2, 0.25) is 0 Å². The number of urea groups is 1. The first-order chi connectivity index (χ1) is 10.6. The smallest absolute Gasteiger partial charge is 0.317 e. The second-order valence-corrected chi connectivity index (χ2v) is 5.49. The molecule has 2 amide bonds. The van der Waals surface area contributed by atoms with Crippen molar-refractivity contribution in [1.29, 1.82) is 0 Å². The molecule has 122 valence electrons. The highest BCUT2D eigenvalue weighted by molar-refractivity contribution is 5.74. The van der Waals surface area contributed by atoms with Crippen LogP contribution in [-0.2, 0) is 6.54 Å². The third-order valence-electron chi connectivity index (χ3n) is 3.80. The SMILES string of the molecule is CCOc1ccc(CNC(=O)N2CCC[C@@H](CO)C2)cc1F. The van der Waals surface area contributed by atoms with Gasteiger partial charge in [-0.2, -0.15) is 0 Å². The van der Waals surface area contributed by atoms with E-state index in [1.54, 1.807) is 24.0 Å². The number of nitrogens with one attached hydrogen (secondary N) is 1. The maximum Gasteiger partial charge on any atom is 0.317 e. The number of hydrogen-bond acceptors (Lipinski definition) is 3. The van der Waals surface area contributed by atoms with Crippen LogP contribution in [0.15, 0.2) is 18.2 Å². The van der Waals surface area contributed by atoms with Crippen molar-refractivity contribution >= 4 is 6.03 Å². The number of carbonyl (C=O) groups excluding carboxylic acids is 1. The minimum absolute atomic E-state index is 0.105. The molecule has 5 nitrogen and oxygen atoms in total. The molecule has 0 aliphatic carbocycles. The topological polar surface area (TPSA) is 61.8 Å². The fourth-order valence-electron chi connectivity index (χ4n) is 2.61. The summed E-state index contributed by atoms with van der Waals surface area (Å²) in [5, 5.41) is 12.0. The number of hydrogen-bond donors (Lipinski definition) is 2. The Morgan fingerprint density at radius 2 is 2.36 bits per heavy atom. The van der Waals surface area contributed by atoms with Crippen LogP contribution in [0, 0.1) is 11.7 Å². The summed E-state index contributed by atoms with van der Waals surface area (Å²) >= 11 is 0. The van der Waals surface area contributed by atoms with E-state index < -0.39 is 5.82 Å². The highest BCUT2D eigenvalue weighted by Gasteiger charge is 2.22. The third kappa shape index (κ3) is 4.34. The van der Waals surface area contributed by atoms with Crippen LogP contribution in [0.4, 0.5) is 9.18 Å². The maximum absolute atomic E-state index is 13.7. The molecule has 0 saturated carbocycles. The zero-order chi connectivity index (χ0) is 15.9. The van der Waals surface area contributed by atoms with E-state index in [1.807, 2.05) is 0 Å². The molecule has 1 aliphatic heterocycles. The van der Waals surface area contributed by atoms with Gasteiger partial charge in [0.1, 0.15) is 0 Å². The van der Waals surface area contributed by atoms with Crippen molar-refractivity contribution in [2.75, 3.05) is 26.3 Å². The zero-order valence-electron chi connectivity index (χ0n) is 12.8. The fraction of sp³-hybridized carbons (Fsp3) is 0.562. The normalized spacial score (nSPS) is 18.1. The number of nitrogens with zero attached hydrogens (tertiary/aromatic N) is 1. The average molecular weight is 310 g/mol. The van der Waals surface area contributed by atoms with Crippen molar-refractivity contribution in [2.24, 2.45) is 5.92 Å². The standard InChI is InChI=1S/C16H23FN2O3/c1-2-22-15-6-5-12(8-14(15)17)9-18-16(21)19-7-3-4-13(10-19)11-20/h5-6,8,13,20H,2-4,7,9-11H2,1H3,(H,18,21)/t13-/m1/s1. The summed E-state index contributed by atoms with van der Waals surface area (Å²) in [6.07, 6.45) is 1.85. The first-order valence-electron chi connectivity index (χ1n) is 7.69. The van der Waals surface area contributed by atoms with E-state index in [0.717, 1.165) is 12.8 Å². The van der Waals surface area contributed by atoms with Gasteiger partial charge in [-0.1, -0.05) is 6.07 Å². The molecule has 22 heavy (non-hydrogen) atoms. The first kappa shape index (κ1) is 16.5. The van der Waals surface area contributed by atoms with Gasteiger partial charge in [-0.3, -0.25) is 0 Å². The molecule has 2 rings (SSSR count). The number of halogens is 1. The number of carbonyl (C=O) groups is 1. The van der Waals surface area contributed by atoms with Gasteiger partial charge in [-0.05, 0) is 43.4 Å². The van der Waals surface area contributed by atoms with Crippen LogP contribution in [0.25, 0.3) is 0 Å². The largest absolute Gasteiger partial charge is 0.491 e. The van der Waals surface area contributed by atoms with Gasteiger partial charge in [0, 0.05) is 26.2 Å². The Morgan fingerprint density at radius 3 is 3.05 bits per heavy atom. The lowest BCUT2D eigenvalue weighted by molar-refractivity contribution is 0.129. The molecule has 0 radical (unpaired) electrons. The van der Waals surface area contributed by atoms with E-state index in [4.69, 9.17) is 4.74 Å². The van der Waals surface area contributed by atoms with Crippen LogP contribution in [0.3, 0.4) is 0 Å². The van der Waals surface area contributed by atoms with Gasteiger partial charge in [0.15, 0.2) is 11.6 Å². The molecule has 1 aromatic carbocycles. The van der Waals surface area contributed by atoms with E-state index in [2.05, 4.69) is 5.32 Å². The molecule has 2 N–H and O–H groups in total. The summed E-state index contributed by atoms with van der Waals surface area (Å²) in [6.45, 7) is 3.84. The predicted octanol–water partition coefficient (Wildman–Crippen LogP) is 2.14. The molecule has 0 spiro atoms. The Balaban J connectivity index is 1.87. The van der Waals surface area contributed by atoms with Crippen LogP contribution in [0.1, 0.15) is 25.3 Å². The van der Waals surface area contributed by atoms with Crippen molar-refractivity contribution in [3.05, 3.63) is 29.6 Å². The van der Waals surface area contributed by atoms with Gasteiger partial charge in [0.25, 0.3) is 0 Å². The molecule has 1 fully saturated rings. The number of benzene rings is 1. The lowest BCUT2D eigenvalue weighted by atomic mass is 9.99. The second-order valence-electron chi connectivity index (χ2n) is 5.49. The molecule has 1 saturated heterocycles. The molecule has 1 aromatic rings. The summed E-state index contributed by atoms with van der Waals surface area (Å²) in [5.41, 5.74) is 0.685. The molecule has 0 bridgehead atoms. The van der Waals surface area contributed by atoms with Crippen LogP contribution >= 0.6 is 0 Å². The molecular weight excluding hydrogens is 287 g/mol. The van der Waals surface area contributed by atoms with E-state index >= 15 is 0 Å². The first-order valence-corrected chi connectivity index (χ1v) is 7.69. The van der Waals surface area contributed by atoms with Crippen LogP contribution in [-0.4, -0.2) is 42.3 Å². The van der Waals surface area contributed by atoms with Crippen molar-refractivity contribution in [2.45, 2.75) is 26.3 Å². The highest BCUT2D eigenvalue weighted by Crippen LogP contribution is 2.19. The van der Waals surface area contributed by atoms with Crippen LogP contribution in [0.5, 0.6) is 5.75 Å². The third-order valence-corrected chi connectivity index (χ3v) is 3.80. The molecular formula is C16H23FN2O3.